The van der Waals surface area contributed by atoms with Gasteiger partial charge in [-0.2, -0.15) is 0 Å². The molecule has 0 unspecified atom stereocenters. The fourth-order valence-electron chi connectivity index (χ4n) is 3.95. The molecule has 1 N–H and O–H groups in total. The highest BCUT2D eigenvalue weighted by Crippen LogP contribution is 2.14. The molecule has 2 amide bonds. The van der Waals surface area contributed by atoms with Gasteiger partial charge in [0.15, 0.2) is 0 Å². The van der Waals surface area contributed by atoms with E-state index in [0.717, 1.165) is 57.8 Å². The number of hydrogen-bond donors (Lipinski definition) is 1. The van der Waals surface area contributed by atoms with E-state index in [1.54, 1.807) is 24.5 Å². The van der Waals surface area contributed by atoms with Crippen LogP contribution in [0.25, 0.3) is 0 Å². The number of nitrogens with one attached hydrogen (secondary N) is 1. The number of pyridine rings is 1. The summed E-state index contributed by atoms with van der Waals surface area (Å²) < 4.78 is 0. The SMILES string of the molecule is CC/C=C\C/C=C\C/C=C\C/C=C\C/C=C\CCCC(=O)NC1CCN(C(=O)c2cccnc2)CC1. The number of carbonyl (C=O) groups excluding carboxylic acids is 2. The molecule has 1 fully saturated rings. The first-order valence-corrected chi connectivity index (χ1v) is 13.4. The molecule has 194 valence electrons. The molecule has 1 aliphatic rings. The average molecular weight is 490 g/mol. The molecule has 2 rings (SSSR count). The zero-order valence-corrected chi connectivity index (χ0v) is 21.9. The maximum atomic E-state index is 12.5. The van der Waals surface area contributed by atoms with Gasteiger partial charge >= 0.3 is 0 Å². The van der Waals surface area contributed by atoms with Crippen molar-refractivity contribution in [1.82, 2.24) is 15.2 Å². The summed E-state index contributed by atoms with van der Waals surface area (Å²) in [7, 11) is 0. The number of hydrogen-bond acceptors (Lipinski definition) is 3. The zero-order chi connectivity index (χ0) is 25.7. The van der Waals surface area contributed by atoms with Gasteiger partial charge < -0.3 is 10.2 Å². The molecule has 0 radical (unpaired) electrons. The predicted octanol–water partition coefficient (Wildman–Crippen LogP) is 6.72. The van der Waals surface area contributed by atoms with Gasteiger partial charge in [0.25, 0.3) is 5.91 Å². The molecule has 1 aromatic heterocycles. The van der Waals surface area contributed by atoms with Crippen LogP contribution >= 0.6 is 0 Å². The van der Waals surface area contributed by atoms with Crippen LogP contribution in [0.15, 0.2) is 85.3 Å². The van der Waals surface area contributed by atoms with Crippen LogP contribution < -0.4 is 5.32 Å². The van der Waals surface area contributed by atoms with Crippen LogP contribution in [-0.4, -0.2) is 40.8 Å². The van der Waals surface area contributed by atoms with E-state index in [0.29, 0.717) is 25.1 Å². The molecule has 1 aliphatic heterocycles. The maximum Gasteiger partial charge on any atom is 0.255 e. The summed E-state index contributed by atoms with van der Waals surface area (Å²) in [5.74, 6) is 0.129. The van der Waals surface area contributed by atoms with Gasteiger partial charge in [-0.25, -0.2) is 0 Å². The smallest absolute Gasteiger partial charge is 0.255 e. The van der Waals surface area contributed by atoms with Gasteiger partial charge in [-0.3, -0.25) is 14.6 Å². The third-order valence-electron chi connectivity index (χ3n) is 5.99. The van der Waals surface area contributed by atoms with Crippen LogP contribution in [0.4, 0.5) is 0 Å². The lowest BCUT2D eigenvalue weighted by atomic mass is 10.0. The number of piperidine rings is 1. The van der Waals surface area contributed by atoms with Crippen LogP contribution in [0.1, 0.15) is 81.5 Å². The molecule has 5 heteroatoms. The van der Waals surface area contributed by atoms with E-state index in [4.69, 9.17) is 0 Å². The fourth-order valence-corrected chi connectivity index (χ4v) is 3.95. The van der Waals surface area contributed by atoms with Gasteiger partial charge in [0, 0.05) is 37.9 Å². The lowest BCUT2D eigenvalue weighted by molar-refractivity contribution is -0.122. The van der Waals surface area contributed by atoms with Gasteiger partial charge in [0.1, 0.15) is 0 Å². The van der Waals surface area contributed by atoms with Crippen molar-refractivity contribution >= 4 is 11.8 Å². The molecular formula is C31H43N3O2. The van der Waals surface area contributed by atoms with Crippen molar-refractivity contribution in [3.63, 3.8) is 0 Å². The second-order valence-corrected chi connectivity index (χ2v) is 8.98. The summed E-state index contributed by atoms with van der Waals surface area (Å²) in [6, 6.07) is 3.73. The van der Waals surface area contributed by atoms with Crippen molar-refractivity contribution in [2.24, 2.45) is 0 Å². The fraction of sp³-hybridized carbons (Fsp3) is 0.452. The van der Waals surface area contributed by atoms with Crippen LogP contribution in [0.5, 0.6) is 0 Å². The first-order valence-electron chi connectivity index (χ1n) is 13.4. The Morgan fingerprint density at radius 2 is 1.50 bits per heavy atom. The Bertz CT molecular complexity index is 892. The second-order valence-electron chi connectivity index (χ2n) is 8.98. The van der Waals surface area contributed by atoms with Gasteiger partial charge in [0.05, 0.1) is 5.56 Å². The monoisotopic (exact) mass is 489 g/mol. The first kappa shape index (κ1) is 29.0. The molecular weight excluding hydrogens is 446 g/mol. The topological polar surface area (TPSA) is 62.3 Å². The third-order valence-corrected chi connectivity index (χ3v) is 5.99. The van der Waals surface area contributed by atoms with Gasteiger partial charge in [0.2, 0.25) is 5.91 Å². The Morgan fingerprint density at radius 3 is 2.06 bits per heavy atom. The van der Waals surface area contributed by atoms with Crippen LogP contribution in [0.3, 0.4) is 0 Å². The standard InChI is InChI=1S/C31H43N3O2/c1-2-3-4-5-6-7-8-9-10-11-12-13-14-15-16-17-18-21-30(35)33-29-22-25-34(26-23-29)31(36)28-20-19-24-32-27-28/h3-4,6-7,9-10,12-13,15-16,19-20,24,27,29H,2,5,8,11,14,17-18,21-23,25-26H2,1H3,(H,33,35)/b4-3-,7-6-,10-9-,13-12-,16-15-. The number of allylic oxidation sites excluding steroid dienone is 10. The summed E-state index contributed by atoms with van der Waals surface area (Å²) in [6.45, 7) is 3.48. The average Bonchev–Trinajstić information content (AvgIpc) is 2.91. The van der Waals surface area contributed by atoms with E-state index >= 15 is 0 Å². The summed E-state index contributed by atoms with van der Waals surface area (Å²) >= 11 is 0. The normalized spacial score (nSPS) is 15.3. The largest absolute Gasteiger partial charge is 0.353 e. The van der Waals surface area contributed by atoms with Crippen molar-refractivity contribution in [1.29, 1.82) is 0 Å². The van der Waals surface area contributed by atoms with E-state index in [2.05, 4.69) is 78.0 Å². The Labute approximate surface area is 217 Å². The molecule has 2 heterocycles. The van der Waals surface area contributed by atoms with Crippen LogP contribution in [0.2, 0.25) is 0 Å². The zero-order valence-electron chi connectivity index (χ0n) is 21.9. The lowest BCUT2D eigenvalue weighted by Gasteiger charge is -2.32. The third kappa shape index (κ3) is 13.0. The first-order chi connectivity index (χ1) is 17.7. The van der Waals surface area contributed by atoms with Crippen LogP contribution in [-0.2, 0) is 4.79 Å². The molecule has 1 saturated heterocycles. The molecule has 0 aliphatic carbocycles. The van der Waals surface area contributed by atoms with E-state index in [1.165, 1.54) is 0 Å². The summed E-state index contributed by atoms with van der Waals surface area (Å²) in [4.78, 5) is 30.6. The van der Waals surface area contributed by atoms with E-state index < -0.39 is 0 Å². The lowest BCUT2D eigenvalue weighted by Crippen LogP contribution is -2.46. The van der Waals surface area contributed by atoms with Crippen molar-refractivity contribution in [2.45, 2.75) is 77.2 Å². The molecule has 0 aromatic carbocycles. The number of rotatable bonds is 15. The number of unbranched alkanes of at least 4 members (excludes halogenated alkanes) is 1. The molecule has 5 nitrogen and oxygen atoms in total. The van der Waals surface area contributed by atoms with Crippen molar-refractivity contribution in [3.8, 4) is 0 Å². The minimum atomic E-state index is 0.0185. The van der Waals surface area contributed by atoms with Gasteiger partial charge in [-0.1, -0.05) is 67.7 Å². The number of likely N-dealkylation sites (tertiary alicyclic amines) is 1. The number of amides is 2. The van der Waals surface area contributed by atoms with E-state index in [9.17, 15) is 9.59 Å². The van der Waals surface area contributed by atoms with Crippen molar-refractivity contribution < 1.29 is 9.59 Å². The predicted molar refractivity (Wildman–Crippen MR) is 150 cm³/mol. The molecule has 0 saturated carbocycles. The summed E-state index contributed by atoms with van der Waals surface area (Å²) in [5, 5.41) is 3.13. The van der Waals surface area contributed by atoms with Crippen LogP contribution in [0, 0.1) is 0 Å². The number of carbonyl (C=O) groups is 2. The Kier molecular flexibility index (Phi) is 15.3. The summed E-state index contributed by atoms with van der Waals surface area (Å²) in [6.07, 6.45) is 34.1. The molecule has 1 aromatic rings. The summed E-state index contributed by atoms with van der Waals surface area (Å²) in [5.41, 5.74) is 0.620. The molecule has 0 bridgehead atoms. The van der Waals surface area contributed by atoms with Gasteiger partial charge in [-0.15, -0.1) is 0 Å². The minimum absolute atomic E-state index is 0.0185. The van der Waals surface area contributed by atoms with Crippen molar-refractivity contribution in [2.75, 3.05) is 13.1 Å². The number of aromatic nitrogens is 1. The second kappa shape index (κ2) is 19.0. The Hall–Kier alpha value is -3.21. The Balaban J connectivity index is 1.46. The molecule has 0 spiro atoms. The quantitative estimate of drug-likeness (QED) is 0.220. The molecule has 0 atom stereocenters. The Morgan fingerprint density at radius 1 is 0.917 bits per heavy atom. The van der Waals surface area contributed by atoms with Gasteiger partial charge in [-0.05, 0) is 69.9 Å². The molecule has 36 heavy (non-hydrogen) atoms. The number of nitrogens with zero attached hydrogens (tertiary/aromatic N) is 2. The highest BCUT2D eigenvalue weighted by atomic mass is 16.2. The highest BCUT2D eigenvalue weighted by molar-refractivity contribution is 5.93. The van der Waals surface area contributed by atoms with E-state index in [-0.39, 0.29) is 17.9 Å². The highest BCUT2D eigenvalue weighted by Gasteiger charge is 2.24. The minimum Gasteiger partial charge on any atom is -0.353 e. The van der Waals surface area contributed by atoms with E-state index in [1.807, 2.05) is 4.90 Å². The maximum absolute atomic E-state index is 12.5. The van der Waals surface area contributed by atoms with Crippen molar-refractivity contribution in [3.05, 3.63) is 90.9 Å².